The van der Waals surface area contributed by atoms with Gasteiger partial charge in [-0.25, -0.2) is 8.42 Å². The molecule has 8 heteroatoms. The Hall–Kier alpha value is 0.480. The highest BCUT2D eigenvalue weighted by molar-refractivity contribution is 9.10. The van der Waals surface area contributed by atoms with Crippen molar-refractivity contribution in [3.8, 4) is 0 Å². The SMILES string of the molecule is O=S(=O)(c1c(Cl)cc(Br)cc1Cl)N1CCC(Cl)C1. The first kappa shape index (κ1) is 14.9. The molecule has 100 valence electrons. The molecule has 0 aliphatic carbocycles. The molecule has 0 spiro atoms. The summed E-state index contributed by atoms with van der Waals surface area (Å²) in [5.74, 6) is 0. The van der Waals surface area contributed by atoms with Gasteiger partial charge in [0.2, 0.25) is 10.0 Å². The lowest BCUT2D eigenvalue weighted by Crippen LogP contribution is -2.29. The van der Waals surface area contributed by atoms with E-state index in [9.17, 15) is 8.42 Å². The van der Waals surface area contributed by atoms with E-state index in [0.29, 0.717) is 17.4 Å². The Balaban J connectivity index is 2.48. The highest BCUT2D eigenvalue weighted by atomic mass is 79.9. The van der Waals surface area contributed by atoms with Crippen molar-refractivity contribution >= 4 is 60.8 Å². The summed E-state index contributed by atoms with van der Waals surface area (Å²) in [4.78, 5) is -0.0557. The van der Waals surface area contributed by atoms with Crippen molar-refractivity contribution in [3.05, 3.63) is 26.7 Å². The van der Waals surface area contributed by atoms with E-state index in [-0.39, 0.29) is 26.9 Å². The molecule has 3 nitrogen and oxygen atoms in total. The molecular formula is C10H9BrCl3NO2S. The molecule has 1 aromatic rings. The van der Waals surface area contributed by atoms with Gasteiger partial charge < -0.3 is 0 Å². The third-order valence-electron chi connectivity index (χ3n) is 2.65. The maximum Gasteiger partial charge on any atom is 0.246 e. The average molecular weight is 394 g/mol. The second-order valence-electron chi connectivity index (χ2n) is 3.95. The van der Waals surface area contributed by atoms with E-state index >= 15 is 0 Å². The molecule has 1 unspecified atom stereocenters. The van der Waals surface area contributed by atoms with Gasteiger partial charge in [0.05, 0.1) is 10.0 Å². The second-order valence-corrected chi connectivity index (χ2v) is 8.17. The van der Waals surface area contributed by atoms with E-state index in [2.05, 4.69) is 15.9 Å². The van der Waals surface area contributed by atoms with Crippen molar-refractivity contribution in [1.82, 2.24) is 4.31 Å². The molecule has 0 bridgehead atoms. The van der Waals surface area contributed by atoms with Gasteiger partial charge in [-0.3, -0.25) is 0 Å². The van der Waals surface area contributed by atoms with Gasteiger partial charge in [0.15, 0.2) is 0 Å². The maximum absolute atomic E-state index is 12.4. The van der Waals surface area contributed by atoms with Gasteiger partial charge in [-0.1, -0.05) is 39.1 Å². The van der Waals surface area contributed by atoms with Crippen molar-refractivity contribution in [1.29, 1.82) is 0 Å². The van der Waals surface area contributed by atoms with E-state index in [1.807, 2.05) is 0 Å². The zero-order valence-corrected chi connectivity index (χ0v) is 13.7. The Morgan fingerprint density at radius 1 is 1.28 bits per heavy atom. The van der Waals surface area contributed by atoms with Crippen molar-refractivity contribution in [3.63, 3.8) is 0 Å². The lowest BCUT2D eigenvalue weighted by molar-refractivity contribution is 0.478. The number of hydrogen-bond acceptors (Lipinski definition) is 2. The average Bonchev–Trinajstić information content (AvgIpc) is 2.63. The smallest absolute Gasteiger partial charge is 0.207 e. The zero-order valence-electron chi connectivity index (χ0n) is 9.04. The molecule has 2 rings (SSSR count). The van der Waals surface area contributed by atoms with E-state index < -0.39 is 10.0 Å². The van der Waals surface area contributed by atoms with Gasteiger partial charge in [-0.2, -0.15) is 4.31 Å². The number of nitrogens with zero attached hydrogens (tertiary/aromatic N) is 1. The van der Waals surface area contributed by atoms with Crippen LogP contribution < -0.4 is 0 Å². The van der Waals surface area contributed by atoms with Crippen LogP contribution in [0.15, 0.2) is 21.5 Å². The molecule has 0 N–H and O–H groups in total. The summed E-state index contributed by atoms with van der Waals surface area (Å²) in [5.41, 5.74) is 0. The fraction of sp³-hybridized carbons (Fsp3) is 0.400. The molecule has 1 aliphatic heterocycles. The van der Waals surface area contributed by atoms with Gasteiger partial charge in [0.1, 0.15) is 4.90 Å². The summed E-state index contributed by atoms with van der Waals surface area (Å²) in [6, 6.07) is 3.02. The molecule has 1 fully saturated rings. The van der Waals surface area contributed by atoms with Crippen LogP contribution in [-0.2, 0) is 10.0 Å². The largest absolute Gasteiger partial charge is 0.246 e. The van der Waals surface area contributed by atoms with Crippen LogP contribution in [0.2, 0.25) is 10.0 Å². The molecule has 1 heterocycles. The molecule has 1 aromatic carbocycles. The Kier molecular flexibility index (Phi) is 4.52. The van der Waals surface area contributed by atoms with Crippen LogP contribution in [0.25, 0.3) is 0 Å². The normalized spacial score (nSPS) is 21.4. The minimum absolute atomic E-state index is 0.0557. The lowest BCUT2D eigenvalue weighted by Gasteiger charge is -2.17. The molecular weight excluding hydrogens is 384 g/mol. The summed E-state index contributed by atoms with van der Waals surface area (Å²) in [5, 5.41) is 0.0487. The van der Waals surface area contributed by atoms with Gasteiger partial charge in [0, 0.05) is 22.9 Å². The minimum Gasteiger partial charge on any atom is -0.207 e. The Morgan fingerprint density at radius 3 is 2.28 bits per heavy atom. The molecule has 0 radical (unpaired) electrons. The van der Waals surface area contributed by atoms with Gasteiger partial charge in [-0.05, 0) is 18.6 Å². The van der Waals surface area contributed by atoms with Crippen LogP contribution in [-0.4, -0.2) is 31.2 Å². The van der Waals surface area contributed by atoms with Crippen LogP contribution in [0.1, 0.15) is 6.42 Å². The Morgan fingerprint density at radius 2 is 1.83 bits per heavy atom. The van der Waals surface area contributed by atoms with Gasteiger partial charge in [-0.15, -0.1) is 11.6 Å². The summed E-state index contributed by atoms with van der Waals surface area (Å²) in [6.45, 7) is 0.672. The number of alkyl halides is 1. The van der Waals surface area contributed by atoms with Crippen LogP contribution in [0.4, 0.5) is 0 Å². The third-order valence-corrected chi connectivity index (χ3v) is 6.26. The molecule has 0 amide bonds. The van der Waals surface area contributed by atoms with E-state index in [4.69, 9.17) is 34.8 Å². The molecule has 1 saturated heterocycles. The van der Waals surface area contributed by atoms with Crippen molar-refractivity contribution in [2.45, 2.75) is 16.7 Å². The van der Waals surface area contributed by atoms with Gasteiger partial charge >= 0.3 is 0 Å². The van der Waals surface area contributed by atoms with E-state index in [1.165, 1.54) is 16.4 Å². The molecule has 0 saturated carbocycles. The summed E-state index contributed by atoms with van der Waals surface area (Å²) < 4.78 is 26.8. The predicted molar refractivity (Wildman–Crippen MR) is 77.2 cm³/mol. The molecule has 1 aliphatic rings. The standard InChI is InChI=1S/C10H9BrCl3NO2S/c11-6-3-8(13)10(9(14)4-6)18(16,17)15-2-1-7(12)5-15/h3-4,7H,1-2,5H2. The highest BCUT2D eigenvalue weighted by Gasteiger charge is 2.34. The summed E-state index contributed by atoms with van der Waals surface area (Å²) in [7, 11) is -3.69. The topological polar surface area (TPSA) is 37.4 Å². The maximum atomic E-state index is 12.4. The Labute approximate surface area is 129 Å². The number of hydrogen-bond donors (Lipinski definition) is 0. The Bertz CT molecular complexity index is 555. The predicted octanol–water partition coefficient (Wildman–Crippen LogP) is 3.76. The first-order chi connectivity index (χ1) is 8.32. The quantitative estimate of drug-likeness (QED) is 0.718. The van der Waals surface area contributed by atoms with Crippen LogP contribution in [0.3, 0.4) is 0 Å². The summed E-state index contributed by atoms with van der Waals surface area (Å²) >= 11 is 21.1. The minimum atomic E-state index is -3.69. The first-order valence-corrected chi connectivity index (χ1v) is 8.53. The number of rotatable bonds is 2. The van der Waals surface area contributed by atoms with E-state index in [1.54, 1.807) is 0 Å². The molecule has 18 heavy (non-hydrogen) atoms. The highest BCUT2D eigenvalue weighted by Crippen LogP contribution is 2.36. The molecule has 0 aromatic heterocycles. The lowest BCUT2D eigenvalue weighted by atomic mass is 10.4. The zero-order chi connectivity index (χ0) is 13.5. The van der Waals surface area contributed by atoms with Gasteiger partial charge in [0.25, 0.3) is 0 Å². The molecule has 1 atom stereocenters. The second kappa shape index (κ2) is 5.46. The van der Waals surface area contributed by atoms with Crippen molar-refractivity contribution < 1.29 is 8.42 Å². The van der Waals surface area contributed by atoms with Crippen molar-refractivity contribution in [2.75, 3.05) is 13.1 Å². The summed E-state index contributed by atoms with van der Waals surface area (Å²) in [6.07, 6.45) is 0.631. The first-order valence-electron chi connectivity index (χ1n) is 5.11. The third kappa shape index (κ3) is 2.81. The monoisotopic (exact) mass is 391 g/mol. The number of benzene rings is 1. The fourth-order valence-corrected chi connectivity index (χ4v) is 5.54. The van der Waals surface area contributed by atoms with Crippen LogP contribution in [0, 0.1) is 0 Å². The van der Waals surface area contributed by atoms with E-state index in [0.717, 1.165) is 0 Å². The fourth-order valence-electron chi connectivity index (χ4n) is 1.81. The van der Waals surface area contributed by atoms with Crippen molar-refractivity contribution in [2.24, 2.45) is 0 Å². The number of sulfonamides is 1. The van der Waals surface area contributed by atoms with Crippen LogP contribution in [0.5, 0.6) is 0 Å². The number of halogens is 4. The van der Waals surface area contributed by atoms with Crippen LogP contribution >= 0.6 is 50.7 Å².